The van der Waals surface area contributed by atoms with E-state index in [0.717, 1.165) is 22.5 Å². The van der Waals surface area contributed by atoms with Crippen molar-refractivity contribution in [3.8, 4) is 22.8 Å². The van der Waals surface area contributed by atoms with E-state index in [0.29, 0.717) is 24.0 Å². The molecule has 0 bridgehead atoms. The zero-order valence-corrected chi connectivity index (χ0v) is 19.0. The maximum absolute atomic E-state index is 5.35. The molecule has 0 saturated carbocycles. The molecule has 0 atom stereocenters. The summed E-state index contributed by atoms with van der Waals surface area (Å²) in [6.45, 7) is 0.633. The van der Waals surface area contributed by atoms with Gasteiger partial charge in [-0.05, 0) is 35.9 Å². The third-order valence-electron chi connectivity index (χ3n) is 4.22. The molecule has 0 radical (unpaired) electrons. The van der Waals surface area contributed by atoms with Crippen LogP contribution in [0.25, 0.3) is 11.3 Å². The van der Waals surface area contributed by atoms with Gasteiger partial charge in [-0.15, -0.1) is 24.0 Å². The summed E-state index contributed by atoms with van der Waals surface area (Å²) in [5, 5.41) is 6.59. The lowest BCUT2D eigenvalue weighted by molar-refractivity contribution is 0.355. The van der Waals surface area contributed by atoms with Gasteiger partial charge in [0.2, 0.25) is 0 Å². The van der Waals surface area contributed by atoms with Crippen molar-refractivity contribution in [2.45, 2.75) is 6.54 Å². The van der Waals surface area contributed by atoms with Crippen molar-refractivity contribution in [2.24, 2.45) is 4.99 Å². The summed E-state index contributed by atoms with van der Waals surface area (Å²) in [6, 6.07) is 19.8. The van der Waals surface area contributed by atoms with Crippen molar-refractivity contribution in [3.63, 3.8) is 0 Å². The summed E-state index contributed by atoms with van der Waals surface area (Å²) in [7, 11) is 4.97. The molecule has 0 aliphatic heterocycles. The number of methoxy groups -OCH3 is 2. The van der Waals surface area contributed by atoms with Gasteiger partial charge in [0.15, 0.2) is 17.5 Å². The second-order valence-corrected chi connectivity index (χ2v) is 6.04. The van der Waals surface area contributed by atoms with Crippen LogP contribution >= 0.6 is 24.0 Å². The average molecular weight is 504 g/mol. The number of aliphatic imine (C=N–C) groups is 1. The van der Waals surface area contributed by atoms with Crippen LogP contribution in [0.5, 0.6) is 11.5 Å². The van der Waals surface area contributed by atoms with Gasteiger partial charge in [0.1, 0.15) is 0 Å². The van der Waals surface area contributed by atoms with Gasteiger partial charge in [-0.3, -0.25) is 9.98 Å². The van der Waals surface area contributed by atoms with Crippen LogP contribution < -0.4 is 20.1 Å². The zero-order chi connectivity index (χ0) is 19.8. The number of rotatable bonds is 6. The van der Waals surface area contributed by atoms with Crippen LogP contribution in [0.1, 0.15) is 5.56 Å². The van der Waals surface area contributed by atoms with Crippen LogP contribution in [-0.2, 0) is 6.54 Å². The van der Waals surface area contributed by atoms with Crippen LogP contribution in [0.4, 0.5) is 5.69 Å². The molecule has 6 nitrogen and oxygen atoms in total. The molecule has 0 amide bonds. The van der Waals surface area contributed by atoms with E-state index in [9.17, 15) is 0 Å². The lowest BCUT2D eigenvalue weighted by Gasteiger charge is -2.14. The number of hydrogen-bond acceptors (Lipinski definition) is 4. The highest BCUT2D eigenvalue weighted by Crippen LogP contribution is 2.29. The first-order chi connectivity index (χ1) is 13.7. The van der Waals surface area contributed by atoms with Gasteiger partial charge in [0, 0.05) is 37.1 Å². The molecule has 0 aliphatic carbocycles. The van der Waals surface area contributed by atoms with Gasteiger partial charge in [-0.25, -0.2) is 0 Å². The number of nitrogens with zero attached hydrogens (tertiary/aromatic N) is 2. The molecular formula is C22H25IN4O2. The molecule has 0 saturated heterocycles. The minimum absolute atomic E-state index is 0. The van der Waals surface area contributed by atoms with E-state index in [2.05, 4.69) is 38.8 Å². The topological polar surface area (TPSA) is 67.8 Å². The molecule has 2 N–H and O–H groups in total. The Labute approximate surface area is 188 Å². The van der Waals surface area contributed by atoms with E-state index in [-0.39, 0.29) is 24.0 Å². The average Bonchev–Trinajstić information content (AvgIpc) is 2.77. The first kappa shape index (κ1) is 22.5. The molecule has 0 aliphatic rings. The lowest BCUT2D eigenvalue weighted by atomic mass is 10.1. The molecule has 7 heteroatoms. The molecule has 3 rings (SSSR count). The summed E-state index contributed by atoms with van der Waals surface area (Å²) >= 11 is 0. The van der Waals surface area contributed by atoms with E-state index < -0.39 is 0 Å². The van der Waals surface area contributed by atoms with E-state index >= 15 is 0 Å². The quantitative estimate of drug-likeness (QED) is 0.293. The summed E-state index contributed by atoms with van der Waals surface area (Å²) < 4.78 is 10.6. The van der Waals surface area contributed by atoms with Crippen molar-refractivity contribution in [1.82, 2.24) is 10.3 Å². The number of guanidine groups is 1. The normalized spacial score (nSPS) is 10.7. The smallest absolute Gasteiger partial charge is 0.195 e. The van der Waals surface area contributed by atoms with Crippen LogP contribution in [0.3, 0.4) is 0 Å². The van der Waals surface area contributed by atoms with Crippen LogP contribution in [0, 0.1) is 0 Å². The second kappa shape index (κ2) is 11.3. The third kappa shape index (κ3) is 6.08. The number of benzene rings is 2. The van der Waals surface area contributed by atoms with Gasteiger partial charge >= 0.3 is 0 Å². The maximum Gasteiger partial charge on any atom is 0.195 e. The summed E-state index contributed by atoms with van der Waals surface area (Å²) in [6.07, 6.45) is 1.80. The number of pyridine rings is 1. The molecular weight excluding hydrogens is 479 g/mol. The van der Waals surface area contributed by atoms with E-state index in [1.165, 1.54) is 0 Å². The van der Waals surface area contributed by atoms with E-state index in [1.54, 1.807) is 27.5 Å². The standard InChI is InChI=1S/C22H24N4O2.HI/c1-23-22(26-18-10-11-20(27-2)21(14-18)28-3)25-15-16-7-6-8-17(13-16)19-9-4-5-12-24-19;/h4-14H,15H2,1-3H3,(H2,23,25,26);1H. The molecule has 0 fully saturated rings. The van der Waals surface area contributed by atoms with Crippen LogP contribution in [0.2, 0.25) is 0 Å². The highest BCUT2D eigenvalue weighted by Gasteiger charge is 2.07. The van der Waals surface area contributed by atoms with Crippen molar-refractivity contribution in [2.75, 3.05) is 26.6 Å². The zero-order valence-electron chi connectivity index (χ0n) is 16.7. The first-order valence-corrected chi connectivity index (χ1v) is 8.93. The third-order valence-corrected chi connectivity index (χ3v) is 4.22. The lowest BCUT2D eigenvalue weighted by Crippen LogP contribution is -2.30. The van der Waals surface area contributed by atoms with Crippen molar-refractivity contribution < 1.29 is 9.47 Å². The summed E-state index contributed by atoms with van der Waals surface area (Å²) in [5.41, 5.74) is 4.03. The number of hydrogen-bond donors (Lipinski definition) is 2. The highest BCUT2D eigenvalue weighted by atomic mass is 127. The first-order valence-electron chi connectivity index (χ1n) is 8.93. The van der Waals surface area contributed by atoms with Gasteiger partial charge < -0.3 is 20.1 Å². The Morgan fingerprint density at radius 2 is 1.79 bits per heavy atom. The van der Waals surface area contributed by atoms with Gasteiger partial charge in [0.25, 0.3) is 0 Å². The minimum Gasteiger partial charge on any atom is -0.493 e. The highest BCUT2D eigenvalue weighted by molar-refractivity contribution is 14.0. The Kier molecular flexibility index (Phi) is 8.72. The SMILES string of the molecule is CN=C(NCc1cccc(-c2ccccn2)c1)Nc1ccc(OC)c(OC)c1.I. The Balaban J connectivity index is 0.00000300. The largest absolute Gasteiger partial charge is 0.493 e. The fourth-order valence-corrected chi connectivity index (χ4v) is 2.79. The molecule has 0 unspecified atom stereocenters. The van der Waals surface area contributed by atoms with Crippen molar-refractivity contribution in [1.29, 1.82) is 0 Å². The molecule has 3 aromatic rings. The van der Waals surface area contributed by atoms with Gasteiger partial charge in [0.05, 0.1) is 19.9 Å². The summed E-state index contributed by atoms with van der Waals surface area (Å²) in [4.78, 5) is 8.70. The molecule has 0 spiro atoms. The summed E-state index contributed by atoms with van der Waals surface area (Å²) in [5.74, 6) is 2.00. The Morgan fingerprint density at radius 3 is 2.48 bits per heavy atom. The Morgan fingerprint density at radius 1 is 0.966 bits per heavy atom. The van der Waals surface area contributed by atoms with E-state index in [1.807, 2.05) is 42.5 Å². The fourth-order valence-electron chi connectivity index (χ4n) is 2.79. The number of anilines is 1. The molecule has 29 heavy (non-hydrogen) atoms. The molecule has 2 aromatic carbocycles. The maximum atomic E-state index is 5.35. The predicted octanol–water partition coefficient (Wildman–Crippen LogP) is 4.57. The molecule has 1 aromatic heterocycles. The monoisotopic (exact) mass is 504 g/mol. The second-order valence-electron chi connectivity index (χ2n) is 6.04. The molecule has 1 heterocycles. The Bertz CT molecular complexity index is 949. The van der Waals surface area contributed by atoms with E-state index in [4.69, 9.17) is 9.47 Å². The van der Waals surface area contributed by atoms with Crippen LogP contribution in [-0.4, -0.2) is 32.2 Å². The van der Waals surface area contributed by atoms with Gasteiger partial charge in [-0.2, -0.15) is 0 Å². The number of ether oxygens (including phenoxy) is 2. The predicted molar refractivity (Wildman–Crippen MR) is 128 cm³/mol. The number of halogens is 1. The number of aromatic nitrogens is 1. The van der Waals surface area contributed by atoms with Crippen LogP contribution in [0.15, 0.2) is 71.9 Å². The Hall–Kier alpha value is -2.81. The van der Waals surface area contributed by atoms with Crippen molar-refractivity contribution >= 4 is 35.6 Å². The minimum atomic E-state index is 0. The molecule has 152 valence electrons. The van der Waals surface area contributed by atoms with Gasteiger partial charge in [-0.1, -0.05) is 24.3 Å². The number of nitrogens with one attached hydrogen (secondary N) is 2. The fraction of sp³-hybridized carbons (Fsp3) is 0.182. The van der Waals surface area contributed by atoms with Crippen molar-refractivity contribution in [3.05, 3.63) is 72.4 Å².